The Labute approximate surface area is 157 Å². The van der Waals surface area contributed by atoms with E-state index >= 15 is 0 Å². The second-order valence-electron chi connectivity index (χ2n) is 6.03. The minimum absolute atomic E-state index is 0.0514. The molecule has 8 heteroatoms. The van der Waals surface area contributed by atoms with Crippen molar-refractivity contribution in [1.29, 1.82) is 0 Å². The van der Waals surface area contributed by atoms with Gasteiger partial charge < -0.3 is 19.1 Å². The molecule has 0 radical (unpaired) electrons. The van der Waals surface area contributed by atoms with E-state index in [4.69, 9.17) is 14.2 Å². The maximum atomic E-state index is 12.8. The van der Waals surface area contributed by atoms with E-state index in [1.807, 2.05) is 0 Å². The van der Waals surface area contributed by atoms with Crippen LogP contribution in [0.1, 0.15) is 33.6 Å². The van der Waals surface area contributed by atoms with Gasteiger partial charge in [-0.25, -0.2) is 9.78 Å². The van der Waals surface area contributed by atoms with E-state index in [0.717, 1.165) is 0 Å². The molecule has 2 heterocycles. The molecule has 0 N–H and O–H groups in total. The molecular weight excluding hydrogens is 350 g/mol. The SMILES string of the molecule is COC(=O)c1ccccc1C(=O)N1CCC(Oc2ccnc(OC)n2)CC1. The van der Waals surface area contributed by atoms with Crippen molar-refractivity contribution in [2.24, 2.45) is 0 Å². The van der Waals surface area contributed by atoms with E-state index in [1.165, 1.54) is 14.2 Å². The minimum Gasteiger partial charge on any atom is -0.474 e. The fourth-order valence-electron chi connectivity index (χ4n) is 2.96. The van der Waals surface area contributed by atoms with Gasteiger partial charge in [-0.1, -0.05) is 12.1 Å². The van der Waals surface area contributed by atoms with Crippen molar-refractivity contribution in [1.82, 2.24) is 14.9 Å². The molecule has 1 aromatic heterocycles. The number of amides is 1. The molecule has 1 aliphatic heterocycles. The van der Waals surface area contributed by atoms with Crippen molar-refractivity contribution in [2.45, 2.75) is 18.9 Å². The maximum Gasteiger partial charge on any atom is 0.338 e. The molecule has 0 unspecified atom stereocenters. The number of rotatable bonds is 5. The van der Waals surface area contributed by atoms with Gasteiger partial charge in [0.1, 0.15) is 6.10 Å². The Bertz CT molecular complexity index is 818. The summed E-state index contributed by atoms with van der Waals surface area (Å²) in [5.41, 5.74) is 0.626. The molecule has 0 spiro atoms. The van der Waals surface area contributed by atoms with Gasteiger partial charge in [0.2, 0.25) is 5.88 Å². The van der Waals surface area contributed by atoms with Crippen LogP contribution in [0.3, 0.4) is 0 Å². The largest absolute Gasteiger partial charge is 0.474 e. The Balaban J connectivity index is 1.62. The van der Waals surface area contributed by atoms with Crippen LogP contribution >= 0.6 is 0 Å². The number of methoxy groups -OCH3 is 2. The average Bonchev–Trinajstić information content (AvgIpc) is 2.73. The van der Waals surface area contributed by atoms with Gasteiger partial charge in [0.05, 0.1) is 25.3 Å². The molecule has 1 aliphatic rings. The van der Waals surface area contributed by atoms with Gasteiger partial charge in [-0.05, 0) is 12.1 Å². The summed E-state index contributed by atoms with van der Waals surface area (Å²) in [7, 11) is 2.80. The highest BCUT2D eigenvalue weighted by Gasteiger charge is 2.27. The number of carbonyl (C=O) groups excluding carboxylic acids is 2. The van der Waals surface area contributed by atoms with Crippen molar-refractivity contribution in [3.05, 3.63) is 47.7 Å². The first-order valence-electron chi connectivity index (χ1n) is 8.62. The zero-order valence-electron chi connectivity index (χ0n) is 15.3. The first-order chi connectivity index (χ1) is 13.1. The summed E-state index contributed by atoms with van der Waals surface area (Å²) in [6.45, 7) is 1.06. The molecule has 8 nitrogen and oxygen atoms in total. The lowest BCUT2D eigenvalue weighted by Gasteiger charge is -2.32. The lowest BCUT2D eigenvalue weighted by atomic mass is 10.0. The van der Waals surface area contributed by atoms with Gasteiger partial charge >= 0.3 is 12.0 Å². The predicted molar refractivity (Wildman–Crippen MR) is 95.9 cm³/mol. The number of benzene rings is 1. The molecule has 0 saturated carbocycles. The molecule has 0 atom stereocenters. The van der Waals surface area contributed by atoms with Crippen molar-refractivity contribution < 1.29 is 23.8 Å². The third-order valence-corrected chi connectivity index (χ3v) is 4.37. The Hall–Kier alpha value is -3.16. The van der Waals surface area contributed by atoms with Crippen molar-refractivity contribution in [2.75, 3.05) is 27.3 Å². The molecule has 2 aromatic rings. The summed E-state index contributed by atoms with van der Waals surface area (Å²) in [5.74, 6) is -0.254. The van der Waals surface area contributed by atoms with Crippen molar-refractivity contribution >= 4 is 11.9 Å². The highest BCUT2D eigenvalue weighted by atomic mass is 16.5. The van der Waals surface area contributed by atoms with Crippen LogP contribution in [0.2, 0.25) is 0 Å². The third-order valence-electron chi connectivity index (χ3n) is 4.37. The van der Waals surface area contributed by atoms with E-state index in [-0.39, 0.29) is 23.6 Å². The van der Waals surface area contributed by atoms with Gasteiger partial charge in [-0.3, -0.25) is 4.79 Å². The van der Waals surface area contributed by atoms with E-state index in [0.29, 0.717) is 37.4 Å². The third kappa shape index (κ3) is 4.33. The molecule has 1 fully saturated rings. The number of hydrogen-bond acceptors (Lipinski definition) is 7. The van der Waals surface area contributed by atoms with E-state index < -0.39 is 5.97 Å². The summed E-state index contributed by atoms with van der Waals surface area (Å²) < 4.78 is 15.6. The van der Waals surface area contributed by atoms with E-state index in [9.17, 15) is 9.59 Å². The predicted octanol–water partition coefficient (Wildman–Crippen LogP) is 1.96. The van der Waals surface area contributed by atoms with Crippen LogP contribution in [0.15, 0.2) is 36.5 Å². The normalized spacial score (nSPS) is 14.5. The molecule has 0 bridgehead atoms. The summed E-state index contributed by atoms with van der Waals surface area (Å²) in [6.07, 6.45) is 2.85. The van der Waals surface area contributed by atoms with Crippen molar-refractivity contribution in [3.63, 3.8) is 0 Å². The second kappa shape index (κ2) is 8.48. The highest BCUT2D eigenvalue weighted by molar-refractivity contribution is 6.05. The highest BCUT2D eigenvalue weighted by Crippen LogP contribution is 2.21. The Morgan fingerprint density at radius 3 is 2.44 bits per heavy atom. The first kappa shape index (κ1) is 18.6. The Morgan fingerprint density at radius 1 is 1.07 bits per heavy atom. The minimum atomic E-state index is -0.519. The number of piperidine rings is 1. The standard InChI is InChI=1S/C19H21N3O5/c1-25-18(24)15-6-4-3-5-14(15)17(23)22-11-8-13(9-12-22)27-16-7-10-20-19(21-16)26-2/h3-7,10,13H,8-9,11-12H2,1-2H3. The number of ether oxygens (including phenoxy) is 3. The fourth-order valence-corrected chi connectivity index (χ4v) is 2.96. The second-order valence-corrected chi connectivity index (χ2v) is 6.03. The number of esters is 1. The summed E-state index contributed by atoms with van der Waals surface area (Å²) >= 11 is 0. The van der Waals surface area contributed by atoms with Gasteiger partial charge in [-0.2, -0.15) is 4.98 Å². The summed E-state index contributed by atoms with van der Waals surface area (Å²) in [4.78, 5) is 34.5. The Morgan fingerprint density at radius 2 is 1.78 bits per heavy atom. The Kier molecular flexibility index (Phi) is 5.85. The summed E-state index contributed by atoms with van der Waals surface area (Å²) in [6, 6.07) is 8.60. The monoisotopic (exact) mass is 371 g/mol. The molecule has 1 amide bonds. The van der Waals surface area contributed by atoms with Crippen molar-refractivity contribution in [3.8, 4) is 11.9 Å². The number of likely N-dealkylation sites (tertiary alicyclic amines) is 1. The lowest BCUT2D eigenvalue weighted by Crippen LogP contribution is -2.42. The van der Waals surface area contributed by atoms with Crippen LogP contribution in [0.5, 0.6) is 11.9 Å². The van der Waals surface area contributed by atoms with Crippen LogP contribution in [-0.2, 0) is 4.74 Å². The van der Waals surface area contributed by atoms with Gasteiger partial charge in [0.15, 0.2) is 0 Å². The van der Waals surface area contributed by atoms with Crippen LogP contribution in [-0.4, -0.2) is 60.2 Å². The zero-order valence-corrected chi connectivity index (χ0v) is 15.3. The van der Waals surface area contributed by atoms with Gasteiger partial charge in [0, 0.05) is 38.2 Å². The number of carbonyl (C=O) groups is 2. The molecular formula is C19H21N3O5. The van der Waals surface area contributed by atoms with Crippen LogP contribution < -0.4 is 9.47 Å². The first-order valence-corrected chi connectivity index (χ1v) is 8.62. The van der Waals surface area contributed by atoms with Crippen LogP contribution in [0.4, 0.5) is 0 Å². The zero-order chi connectivity index (χ0) is 19.2. The number of aromatic nitrogens is 2. The van der Waals surface area contributed by atoms with Gasteiger partial charge in [0.25, 0.3) is 5.91 Å². The molecule has 27 heavy (non-hydrogen) atoms. The summed E-state index contributed by atoms with van der Waals surface area (Å²) in [5, 5.41) is 0. The quantitative estimate of drug-likeness (QED) is 0.742. The number of nitrogens with zero attached hydrogens (tertiary/aromatic N) is 3. The average molecular weight is 371 g/mol. The van der Waals surface area contributed by atoms with Gasteiger partial charge in [-0.15, -0.1) is 0 Å². The fraction of sp³-hybridized carbons (Fsp3) is 0.368. The molecule has 142 valence electrons. The molecule has 1 aromatic carbocycles. The molecule has 1 saturated heterocycles. The van der Waals surface area contributed by atoms with E-state index in [1.54, 1.807) is 41.4 Å². The lowest BCUT2D eigenvalue weighted by molar-refractivity contribution is 0.0551. The van der Waals surface area contributed by atoms with Crippen LogP contribution in [0.25, 0.3) is 0 Å². The smallest absolute Gasteiger partial charge is 0.338 e. The van der Waals surface area contributed by atoms with Crippen LogP contribution in [0, 0.1) is 0 Å². The molecule has 3 rings (SSSR count). The maximum absolute atomic E-state index is 12.8. The topological polar surface area (TPSA) is 90.9 Å². The number of hydrogen-bond donors (Lipinski definition) is 0. The molecule has 0 aliphatic carbocycles. The van der Waals surface area contributed by atoms with E-state index in [2.05, 4.69) is 9.97 Å².